The third kappa shape index (κ3) is 3.09. The fourth-order valence-corrected chi connectivity index (χ4v) is 1.48. The molecule has 0 aliphatic rings. The van der Waals surface area contributed by atoms with Crippen LogP contribution in [0.4, 0.5) is 5.69 Å². The Labute approximate surface area is 96.1 Å². The van der Waals surface area contributed by atoms with E-state index < -0.39 is 0 Å². The summed E-state index contributed by atoms with van der Waals surface area (Å²) in [6, 6.07) is 5.98. The van der Waals surface area contributed by atoms with Crippen molar-refractivity contribution in [3.8, 4) is 6.07 Å². The fourth-order valence-electron chi connectivity index (χ4n) is 1.48. The molecule has 16 heavy (non-hydrogen) atoms. The maximum absolute atomic E-state index is 11.5. The summed E-state index contributed by atoms with van der Waals surface area (Å²) >= 11 is 0. The molecule has 1 aromatic carbocycles. The molecule has 0 aromatic heterocycles. The number of anilines is 1. The van der Waals surface area contributed by atoms with Gasteiger partial charge in [-0.05, 0) is 43.5 Å². The van der Waals surface area contributed by atoms with Crippen LogP contribution in [0, 0.1) is 32.1 Å². The number of carbonyl (C=O) groups is 1. The van der Waals surface area contributed by atoms with Crippen LogP contribution in [0.5, 0.6) is 0 Å². The van der Waals surface area contributed by atoms with E-state index in [2.05, 4.69) is 11.4 Å². The van der Waals surface area contributed by atoms with Crippen molar-refractivity contribution in [2.24, 2.45) is 0 Å². The first-order valence-corrected chi connectivity index (χ1v) is 5.29. The lowest BCUT2D eigenvalue weighted by Gasteiger charge is -2.10. The average Bonchev–Trinajstić information content (AvgIpc) is 2.23. The maximum Gasteiger partial charge on any atom is 0.225 e. The van der Waals surface area contributed by atoms with Crippen LogP contribution in [0.1, 0.15) is 29.5 Å². The molecule has 0 saturated heterocycles. The van der Waals surface area contributed by atoms with Crippen LogP contribution in [-0.4, -0.2) is 5.91 Å². The number of hydrogen-bond donors (Lipinski definition) is 1. The van der Waals surface area contributed by atoms with Gasteiger partial charge in [0.2, 0.25) is 5.91 Å². The third-order valence-corrected chi connectivity index (χ3v) is 2.58. The number of carbonyl (C=O) groups excluding carboxylic acids is 1. The van der Waals surface area contributed by atoms with Gasteiger partial charge in [-0.2, -0.15) is 5.26 Å². The minimum absolute atomic E-state index is 0.104. The molecule has 3 heteroatoms. The Hall–Kier alpha value is -1.82. The Kier molecular flexibility index (Phi) is 4.07. The van der Waals surface area contributed by atoms with Gasteiger partial charge >= 0.3 is 0 Å². The number of amides is 1. The second kappa shape index (κ2) is 5.32. The number of rotatable bonds is 3. The van der Waals surface area contributed by atoms with Crippen LogP contribution < -0.4 is 5.32 Å². The molecule has 1 amide bonds. The van der Waals surface area contributed by atoms with Gasteiger partial charge in [0, 0.05) is 18.5 Å². The monoisotopic (exact) mass is 216 g/mol. The molecule has 1 aromatic rings. The highest BCUT2D eigenvalue weighted by Crippen LogP contribution is 2.20. The molecule has 1 rings (SSSR count). The van der Waals surface area contributed by atoms with Gasteiger partial charge in [0.15, 0.2) is 0 Å². The SMILES string of the molecule is Cc1cc(C)c(NC(=O)CCC#N)cc1C. The van der Waals surface area contributed by atoms with Crippen molar-refractivity contribution in [2.45, 2.75) is 33.6 Å². The van der Waals surface area contributed by atoms with Crippen LogP contribution in [0.25, 0.3) is 0 Å². The number of benzene rings is 1. The summed E-state index contributed by atoms with van der Waals surface area (Å²) in [7, 11) is 0. The van der Waals surface area contributed by atoms with Gasteiger partial charge in [0.25, 0.3) is 0 Å². The van der Waals surface area contributed by atoms with Crippen molar-refractivity contribution in [2.75, 3.05) is 5.32 Å². The van der Waals surface area contributed by atoms with Crippen LogP contribution in [-0.2, 0) is 4.79 Å². The van der Waals surface area contributed by atoms with E-state index in [1.54, 1.807) is 0 Å². The molecular weight excluding hydrogens is 200 g/mol. The van der Waals surface area contributed by atoms with E-state index in [4.69, 9.17) is 5.26 Å². The van der Waals surface area contributed by atoms with Crippen molar-refractivity contribution < 1.29 is 4.79 Å². The zero-order chi connectivity index (χ0) is 12.1. The molecule has 0 aliphatic heterocycles. The number of nitrogens with zero attached hydrogens (tertiary/aromatic N) is 1. The largest absolute Gasteiger partial charge is 0.326 e. The van der Waals surface area contributed by atoms with Crippen molar-refractivity contribution in [1.29, 1.82) is 5.26 Å². The lowest BCUT2D eigenvalue weighted by Crippen LogP contribution is -2.12. The molecule has 0 radical (unpaired) electrons. The van der Waals surface area contributed by atoms with E-state index in [0.29, 0.717) is 0 Å². The van der Waals surface area contributed by atoms with Gasteiger partial charge in [-0.1, -0.05) is 6.07 Å². The molecule has 0 saturated carbocycles. The zero-order valence-electron chi connectivity index (χ0n) is 9.92. The number of nitriles is 1. The van der Waals surface area contributed by atoms with E-state index >= 15 is 0 Å². The predicted molar refractivity (Wildman–Crippen MR) is 64.1 cm³/mol. The maximum atomic E-state index is 11.5. The molecule has 0 atom stereocenters. The highest BCUT2D eigenvalue weighted by molar-refractivity contribution is 5.91. The van der Waals surface area contributed by atoms with E-state index in [1.165, 1.54) is 5.56 Å². The topological polar surface area (TPSA) is 52.9 Å². The summed E-state index contributed by atoms with van der Waals surface area (Å²) in [5.74, 6) is -0.104. The molecule has 84 valence electrons. The quantitative estimate of drug-likeness (QED) is 0.844. The summed E-state index contributed by atoms with van der Waals surface area (Å²) in [5, 5.41) is 11.2. The Morgan fingerprint density at radius 1 is 1.25 bits per heavy atom. The van der Waals surface area contributed by atoms with Crippen LogP contribution in [0.15, 0.2) is 12.1 Å². The van der Waals surface area contributed by atoms with Gasteiger partial charge in [-0.15, -0.1) is 0 Å². The zero-order valence-corrected chi connectivity index (χ0v) is 9.92. The first kappa shape index (κ1) is 12.3. The van der Waals surface area contributed by atoms with E-state index in [0.717, 1.165) is 16.8 Å². The summed E-state index contributed by atoms with van der Waals surface area (Å²) in [6.45, 7) is 6.02. The smallest absolute Gasteiger partial charge is 0.225 e. The van der Waals surface area contributed by atoms with Gasteiger partial charge in [-0.25, -0.2) is 0 Å². The normalized spacial score (nSPS) is 9.62. The molecule has 0 fully saturated rings. The highest BCUT2D eigenvalue weighted by Gasteiger charge is 2.05. The number of aryl methyl sites for hydroxylation is 3. The van der Waals surface area contributed by atoms with Crippen LogP contribution in [0.2, 0.25) is 0 Å². The molecule has 0 bridgehead atoms. The number of hydrogen-bond acceptors (Lipinski definition) is 2. The Bertz CT molecular complexity index is 444. The lowest BCUT2D eigenvalue weighted by atomic mass is 10.0. The van der Waals surface area contributed by atoms with Gasteiger partial charge < -0.3 is 5.32 Å². The lowest BCUT2D eigenvalue weighted by molar-refractivity contribution is -0.116. The van der Waals surface area contributed by atoms with E-state index in [9.17, 15) is 4.79 Å². The molecule has 3 nitrogen and oxygen atoms in total. The average molecular weight is 216 g/mol. The highest BCUT2D eigenvalue weighted by atomic mass is 16.1. The summed E-state index contributed by atoms with van der Waals surface area (Å²) in [6.07, 6.45) is 0.512. The van der Waals surface area contributed by atoms with E-state index in [-0.39, 0.29) is 18.7 Å². The van der Waals surface area contributed by atoms with Crippen molar-refractivity contribution >= 4 is 11.6 Å². The Morgan fingerprint density at radius 3 is 2.50 bits per heavy atom. The van der Waals surface area contributed by atoms with E-state index in [1.807, 2.05) is 32.9 Å². The minimum atomic E-state index is -0.104. The van der Waals surface area contributed by atoms with Gasteiger partial charge in [-0.3, -0.25) is 4.79 Å². The van der Waals surface area contributed by atoms with Crippen molar-refractivity contribution in [3.05, 3.63) is 28.8 Å². The molecule has 0 unspecified atom stereocenters. The molecular formula is C13H16N2O. The molecule has 1 N–H and O–H groups in total. The minimum Gasteiger partial charge on any atom is -0.326 e. The van der Waals surface area contributed by atoms with Crippen LogP contribution in [0.3, 0.4) is 0 Å². The first-order chi connectivity index (χ1) is 7.54. The third-order valence-electron chi connectivity index (χ3n) is 2.58. The Balaban J connectivity index is 2.78. The number of nitrogens with one attached hydrogen (secondary N) is 1. The summed E-state index contributed by atoms with van der Waals surface area (Å²) < 4.78 is 0. The summed E-state index contributed by atoms with van der Waals surface area (Å²) in [5.41, 5.74) is 4.26. The second-order valence-corrected chi connectivity index (χ2v) is 3.96. The summed E-state index contributed by atoms with van der Waals surface area (Å²) in [4.78, 5) is 11.5. The van der Waals surface area contributed by atoms with Crippen molar-refractivity contribution in [1.82, 2.24) is 0 Å². The standard InChI is InChI=1S/C13H16N2O/c1-9-7-11(3)12(8-10(9)2)15-13(16)5-4-6-14/h7-8H,4-5H2,1-3H3,(H,15,16). The van der Waals surface area contributed by atoms with Crippen molar-refractivity contribution in [3.63, 3.8) is 0 Å². The molecule has 0 spiro atoms. The fraction of sp³-hybridized carbons (Fsp3) is 0.385. The first-order valence-electron chi connectivity index (χ1n) is 5.29. The Morgan fingerprint density at radius 2 is 1.88 bits per heavy atom. The molecule has 0 heterocycles. The van der Waals surface area contributed by atoms with Gasteiger partial charge in [0.1, 0.15) is 0 Å². The predicted octanol–water partition coefficient (Wildman–Crippen LogP) is 2.85. The van der Waals surface area contributed by atoms with Crippen LogP contribution >= 0.6 is 0 Å². The molecule has 0 aliphatic carbocycles. The van der Waals surface area contributed by atoms with Gasteiger partial charge in [0.05, 0.1) is 6.07 Å². The second-order valence-electron chi connectivity index (χ2n) is 3.96.